The molecular formula is C21H21NO6. The quantitative estimate of drug-likeness (QED) is 0.649. The lowest BCUT2D eigenvalue weighted by Crippen LogP contribution is -2.30. The van der Waals surface area contributed by atoms with Crippen molar-refractivity contribution in [1.29, 1.82) is 0 Å². The number of esters is 1. The molecule has 28 heavy (non-hydrogen) atoms. The van der Waals surface area contributed by atoms with E-state index in [4.69, 9.17) is 18.6 Å². The second-order valence-corrected chi connectivity index (χ2v) is 6.18. The number of carbonyl (C=O) groups is 2. The van der Waals surface area contributed by atoms with Crippen LogP contribution >= 0.6 is 0 Å². The number of carbonyl (C=O) groups excluding carboxylic acids is 2. The average molecular weight is 383 g/mol. The van der Waals surface area contributed by atoms with Gasteiger partial charge >= 0.3 is 5.97 Å². The second kappa shape index (κ2) is 8.04. The van der Waals surface area contributed by atoms with Crippen LogP contribution in [0.3, 0.4) is 0 Å². The first-order valence-electron chi connectivity index (χ1n) is 8.66. The third-order valence-corrected chi connectivity index (χ3v) is 4.34. The Balaban J connectivity index is 1.70. The van der Waals surface area contributed by atoms with E-state index in [1.165, 1.54) is 6.92 Å². The molecule has 1 atom stereocenters. The van der Waals surface area contributed by atoms with Crippen molar-refractivity contribution < 1.29 is 28.2 Å². The molecule has 1 heterocycles. The first-order chi connectivity index (χ1) is 13.4. The summed E-state index contributed by atoms with van der Waals surface area (Å²) in [4.78, 5) is 24.8. The van der Waals surface area contributed by atoms with E-state index in [0.717, 1.165) is 5.39 Å². The number of fused-ring (bicyclic) bond motifs is 1. The third-order valence-electron chi connectivity index (χ3n) is 4.34. The van der Waals surface area contributed by atoms with Crippen LogP contribution in [0, 0.1) is 6.92 Å². The number of anilines is 1. The third kappa shape index (κ3) is 3.93. The largest absolute Gasteiger partial charge is 0.497 e. The molecule has 0 aliphatic heterocycles. The van der Waals surface area contributed by atoms with Crippen molar-refractivity contribution in [2.24, 2.45) is 0 Å². The van der Waals surface area contributed by atoms with E-state index in [0.29, 0.717) is 28.3 Å². The number of aryl methyl sites for hydroxylation is 1. The van der Waals surface area contributed by atoms with Crippen molar-refractivity contribution in [2.45, 2.75) is 20.0 Å². The number of benzene rings is 2. The van der Waals surface area contributed by atoms with Crippen molar-refractivity contribution >= 4 is 28.5 Å². The molecule has 1 amide bonds. The highest BCUT2D eigenvalue weighted by Gasteiger charge is 2.24. The molecule has 2 aromatic carbocycles. The number of ether oxygens (including phenoxy) is 3. The Labute approximate surface area is 162 Å². The van der Waals surface area contributed by atoms with E-state index in [2.05, 4.69) is 5.32 Å². The van der Waals surface area contributed by atoms with Gasteiger partial charge in [0.25, 0.3) is 5.91 Å². The van der Waals surface area contributed by atoms with Gasteiger partial charge in [0.2, 0.25) is 5.76 Å². The van der Waals surface area contributed by atoms with E-state index in [9.17, 15) is 9.59 Å². The molecule has 7 heteroatoms. The molecule has 0 aliphatic rings. The summed E-state index contributed by atoms with van der Waals surface area (Å²) in [5.41, 5.74) is 1.74. The van der Waals surface area contributed by atoms with Crippen LogP contribution in [-0.4, -0.2) is 32.2 Å². The fraction of sp³-hybridized carbons (Fsp3) is 0.238. The summed E-state index contributed by atoms with van der Waals surface area (Å²) in [5, 5.41) is 3.44. The molecule has 0 radical (unpaired) electrons. The molecule has 1 aromatic heterocycles. The van der Waals surface area contributed by atoms with E-state index in [-0.39, 0.29) is 5.76 Å². The van der Waals surface area contributed by atoms with Crippen LogP contribution in [0.5, 0.6) is 11.5 Å². The van der Waals surface area contributed by atoms with E-state index in [1.807, 2.05) is 0 Å². The maximum absolute atomic E-state index is 12.5. The molecule has 0 fully saturated rings. The lowest BCUT2D eigenvalue weighted by atomic mass is 10.1. The number of furan rings is 1. The predicted octanol–water partition coefficient (Wildman–Crippen LogP) is 3.94. The van der Waals surface area contributed by atoms with Crippen molar-refractivity contribution in [3.63, 3.8) is 0 Å². The first kappa shape index (κ1) is 19.3. The number of methoxy groups -OCH3 is 2. The minimum Gasteiger partial charge on any atom is -0.497 e. The molecule has 3 aromatic rings. The van der Waals surface area contributed by atoms with Crippen molar-refractivity contribution in [2.75, 3.05) is 19.5 Å². The molecular weight excluding hydrogens is 362 g/mol. The van der Waals surface area contributed by atoms with Crippen LogP contribution < -0.4 is 14.8 Å². The molecule has 1 N–H and O–H groups in total. The average Bonchev–Trinajstić information content (AvgIpc) is 3.04. The highest BCUT2D eigenvalue weighted by atomic mass is 16.6. The van der Waals surface area contributed by atoms with Crippen LogP contribution in [0.4, 0.5) is 5.69 Å². The van der Waals surface area contributed by atoms with Gasteiger partial charge in [-0.05, 0) is 56.3 Å². The highest BCUT2D eigenvalue weighted by Crippen LogP contribution is 2.29. The van der Waals surface area contributed by atoms with E-state index >= 15 is 0 Å². The number of amides is 1. The lowest BCUT2D eigenvalue weighted by molar-refractivity contribution is -0.123. The zero-order chi connectivity index (χ0) is 20.3. The maximum Gasteiger partial charge on any atom is 0.375 e. The van der Waals surface area contributed by atoms with Crippen LogP contribution in [0.15, 0.2) is 46.9 Å². The maximum atomic E-state index is 12.5. The topological polar surface area (TPSA) is 87.0 Å². The highest BCUT2D eigenvalue weighted by molar-refractivity contribution is 5.99. The van der Waals surface area contributed by atoms with Gasteiger partial charge in [0.15, 0.2) is 6.10 Å². The summed E-state index contributed by atoms with van der Waals surface area (Å²) in [6.07, 6.45) is -1.00. The summed E-state index contributed by atoms with van der Waals surface area (Å²) in [7, 11) is 3.13. The van der Waals surface area contributed by atoms with Gasteiger partial charge in [0.1, 0.15) is 17.1 Å². The van der Waals surface area contributed by atoms with Gasteiger partial charge in [0, 0.05) is 16.6 Å². The SMILES string of the molecule is COc1ccc(NC(=O)[C@H](C)OC(=O)c2oc3ccc(OC)cc3c2C)cc1. The number of hydrogen-bond acceptors (Lipinski definition) is 6. The Morgan fingerprint density at radius 2 is 1.64 bits per heavy atom. The molecule has 0 saturated heterocycles. The summed E-state index contributed by atoms with van der Waals surface area (Å²) in [5.74, 6) is 0.240. The molecule has 0 unspecified atom stereocenters. The fourth-order valence-corrected chi connectivity index (χ4v) is 2.71. The summed E-state index contributed by atoms with van der Waals surface area (Å²) >= 11 is 0. The number of nitrogens with one attached hydrogen (secondary N) is 1. The normalized spacial score (nSPS) is 11.7. The Hall–Kier alpha value is -3.48. The standard InChI is InChI=1S/C21H21NO6/c1-12-17-11-16(26-4)9-10-18(17)28-19(12)21(24)27-13(2)20(23)22-14-5-7-15(25-3)8-6-14/h5-11,13H,1-4H3,(H,22,23)/t13-/m0/s1. The van der Waals surface area contributed by atoms with Crippen LogP contribution in [-0.2, 0) is 9.53 Å². The van der Waals surface area contributed by atoms with Crippen molar-refractivity contribution in [3.8, 4) is 11.5 Å². The molecule has 3 rings (SSSR count). The van der Waals surface area contributed by atoms with Gasteiger partial charge in [-0.3, -0.25) is 4.79 Å². The molecule has 0 aliphatic carbocycles. The molecule has 0 spiro atoms. The summed E-state index contributed by atoms with van der Waals surface area (Å²) in [6.45, 7) is 3.25. The van der Waals surface area contributed by atoms with Gasteiger partial charge in [0.05, 0.1) is 14.2 Å². The van der Waals surface area contributed by atoms with Gasteiger partial charge in [-0.1, -0.05) is 0 Å². The molecule has 7 nitrogen and oxygen atoms in total. The van der Waals surface area contributed by atoms with Crippen LogP contribution in [0.1, 0.15) is 23.0 Å². The van der Waals surface area contributed by atoms with E-state index in [1.54, 1.807) is 63.6 Å². The minimum absolute atomic E-state index is 0.0624. The Morgan fingerprint density at radius 3 is 2.29 bits per heavy atom. The Morgan fingerprint density at radius 1 is 1.00 bits per heavy atom. The monoisotopic (exact) mass is 383 g/mol. The zero-order valence-electron chi connectivity index (χ0n) is 16.1. The fourth-order valence-electron chi connectivity index (χ4n) is 2.71. The van der Waals surface area contributed by atoms with Crippen molar-refractivity contribution in [3.05, 3.63) is 53.8 Å². The van der Waals surface area contributed by atoms with Gasteiger partial charge in [-0.25, -0.2) is 4.79 Å². The zero-order valence-corrected chi connectivity index (χ0v) is 16.1. The lowest BCUT2D eigenvalue weighted by Gasteiger charge is -2.13. The van der Waals surface area contributed by atoms with Crippen LogP contribution in [0.2, 0.25) is 0 Å². The molecule has 0 bridgehead atoms. The smallest absolute Gasteiger partial charge is 0.375 e. The Bertz CT molecular complexity index is 1010. The first-order valence-corrected chi connectivity index (χ1v) is 8.66. The number of hydrogen-bond donors (Lipinski definition) is 1. The van der Waals surface area contributed by atoms with Gasteiger partial charge in [-0.2, -0.15) is 0 Å². The van der Waals surface area contributed by atoms with Crippen molar-refractivity contribution in [1.82, 2.24) is 0 Å². The van der Waals surface area contributed by atoms with Gasteiger partial charge in [-0.15, -0.1) is 0 Å². The summed E-state index contributed by atoms with van der Waals surface area (Å²) in [6, 6.07) is 12.1. The predicted molar refractivity (Wildman–Crippen MR) is 104 cm³/mol. The minimum atomic E-state index is -1.00. The second-order valence-electron chi connectivity index (χ2n) is 6.18. The summed E-state index contributed by atoms with van der Waals surface area (Å²) < 4.78 is 21.2. The van der Waals surface area contributed by atoms with E-state index < -0.39 is 18.0 Å². The molecule has 0 saturated carbocycles. The number of rotatable bonds is 6. The van der Waals surface area contributed by atoms with Crippen LogP contribution in [0.25, 0.3) is 11.0 Å². The molecule has 146 valence electrons. The Kier molecular flexibility index (Phi) is 5.54. The van der Waals surface area contributed by atoms with Gasteiger partial charge < -0.3 is 23.9 Å².